The van der Waals surface area contributed by atoms with Crippen LogP contribution in [0.3, 0.4) is 0 Å². The monoisotopic (exact) mass is 369 g/mol. The largest absolute Gasteiger partial charge is 0.396 e. The van der Waals surface area contributed by atoms with Gasteiger partial charge in [-0.05, 0) is 43.0 Å². The highest BCUT2D eigenvalue weighted by Crippen LogP contribution is 2.35. The second kappa shape index (κ2) is 7.19. The molecule has 2 aromatic carbocycles. The third-order valence-corrected chi connectivity index (χ3v) is 5.34. The molecule has 27 heavy (non-hydrogen) atoms. The number of para-hydroxylation sites is 2. The molecule has 140 valence electrons. The molecular formula is C21H21F2N3O. The van der Waals surface area contributed by atoms with Crippen molar-refractivity contribution in [1.82, 2.24) is 9.97 Å². The first kappa shape index (κ1) is 17.8. The van der Waals surface area contributed by atoms with Crippen molar-refractivity contribution < 1.29 is 13.9 Å². The summed E-state index contributed by atoms with van der Waals surface area (Å²) in [4.78, 5) is 11.3. The molecule has 0 amide bonds. The van der Waals surface area contributed by atoms with Crippen LogP contribution in [0.2, 0.25) is 0 Å². The average Bonchev–Trinajstić information content (AvgIpc) is 2.70. The normalized spacial score (nSPS) is 20.2. The van der Waals surface area contributed by atoms with Crippen molar-refractivity contribution in [3.63, 3.8) is 0 Å². The van der Waals surface area contributed by atoms with Crippen LogP contribution in [0, 0.1) is 17.0 Å². The smallest absolute Gasteiger partial charge is 0.147 e. The second-order valence-electron chi connectivity index (χ2n) is 7.31. The summed E-state index contributed by atoms with van der Waals surface area (Å²) in [6.45, 7) is 1.29. The number of aliphatic hydroxyl groups excluding tert-OH is 1. The van der Waals surface area contributed by atoms with Crippen LogP contribution in [0.4, 0.5) is 14.6 Å². The lowest BCUT2D eigenvalue weighted by molar-refractivity contribution is 0.104. The van der Waals surface area contributed by atoms with Gasteiger partial charge in [-0.15, -0.1) is 0 Å². The number of anilines is 1. The Morgan fingerprint density at radius 2 is 1.93 bits per heavy atom. The minimum atomic E-state index is -0.592. The number of aromatic nitrogens is 2. The number of hydrogen-bond acceptors (Lipinski definition) is 4. The van der Waals surface area contributed by atoms with E-state index in [1.807, 2.05) is 24.3 Å². The number of rotatable bonds is 4. The summed E-state index contributed by atoms with van der Waals surface area (Å²) in [5.74, 6) is -0.401. The maximum atomic E-state index is 14.1. The predicted octanol–water partition coefficient (Wildman–Crippen LogP) is 3.73. The molecule has 0 saturated carbocycles. The maximum absolute atomic E-state index is 14.1. The van der Waals surface area contributed by atoms with Crippen molar-refractivity contribution in [1.29, 1.82) is 0 Å². The molecule has 0 spiro atoms. The summed E-state index contributed by atoms with van der Waals surface area (Å²) in [5, 5.41) is 10.1. The van der Waals surface area contributed by atoms with Gasteiger partial charge < -0.3 is 10.0 Å². The number of fused-ring (bicyclic) bond motifs is 1. The Balaban J connectivity index is 1.60. The van der Waals surface area contributed by atoms with Gasteiger partial charge >= 0.3 is 0 Å². The van der Waals surface area contributed by atoms with Gasteiger partial charge in [0.15, 0.2) is 0 Å². The van der Waals surface area contributed by atoms with E-state index in [0.29, 0.717) is 18.5 Å². The molecule has 1 fully saturated rings. The van der Waals surface area contributed by atoms with Crippen molar-refractivity contribution in [3.8, 4) is 0 Å². The summed E-state index contributed by atoms with van der Waals surface area (Å²) < 4.78 is 27.4. The Morgan fingerprint density at radius 1 is 1.11 bits per heavy atom. The molecule has 1 aromatic heterocycles. The molecule has 0 radical (unpaired) electrons. The first-order valence-corrected chi connectivity index (χ1v) is 9.10. The molecule has 1 aliphatic heterocycles. The first-order valence-electron chi connectivity index (χ1n) is 9.10. The minimum absolute atomic E-state index is 0.0681. The molecule has 4 rings (SSSR count). The van der Waals surface area contributed by atoms with E-state index < -0.39 is 17.0 Å². The van der Waals surface area contributed by atoms with Crippen LogP contribution in [0.15, 0.2) is 48.7 Å². The fourth-order valence-electron chi connectivity index (χ4n) is 3.90. The molecular weight excluding hydrogens is 348 g/mol. The van der Waals surface area contributed by atoms with Crippen LogP contribution in [-0.2, 0) is 6.42 Å². The summed E-state index contributed by atoms with van der Waals surface area (Å²) in [5.41, 5.74) is 1.58. The van der Waals surface area contributed by atoms with Gasteiger partial charge in [0.25, 0.3) is 0 Å². The van der Waals surface area contributed by atoms with Gasteiger partial charge in [-0.2, -0.15) is 0 Å². The van der Waals surface area contributed by atoms with Gasteiger partial charge in [-0.25, -0.2) is 13.8 Å². The van der Waals surface area contributed by atoms with Crippen molar-refractivity contribution >= 4 is 16.9 Å². The lowest BCUT2D eigenvalue weighted by atomic mass is 9.75. The van der Waals surface area contributed by atoms with E-state index >= 15 is 0 Å². The maximum Gasteiger partial charge on any atom is 0.147 e. The summed E-state index contributed by atoms with van der Waals surface area (Å²) >= 11 is 0. The molecule has 3 aromatic rings. The van der Waals surface area contributed by atoms with E-state index in [2.05, 4.69) is 9.88 Å². The molecule has 0 aliphatic carbocycles. The molecule has 1 atom stereocenters. The summed E-state index contributed by atoms with van der Waals surface area (Å²) in [7, 11) is 0. The van der Waals surface area contributed by atoms with Gasteiger partial charge in [0.2, 0.25) is 0 Å². The Hall–Kier alpha value is -2.60. The Labute approximate surface area is 156 Å². The molecule has 1 N–H and O–H groups in total. The Kier molecular flexibility index (Phi) is 4.74. The number of aliphatic hydroxyl groups is 1. The summed E-state index contributed by atoms with van der Waals surface area (Å²) in [6, 6.07) is 11.3. The zero-order valence-electron chi connectivity index (χ0n) is 14.9. The Morgan fingerprint density at radius 3 is 2.70 bits per heavy atom. The van der Waals surface area contributed by atoms with Crippen LogP contribution in [0.25, 0.3) is 11.0 Å². The van der Waals surface area contributed by atoms with Crippen molar-refractivity contribution in [2.75, 3.05) is 24.6 Å². The standard InChI is InChI=1S/C21H21F2N3O/c22-16-7-6-15(17(23)10-16)11-21(14-27)8-3-9-26(13-21)20-12-24-18-4-1-2-5-19(18)25-20/h1-2,4-7,10,12,27H,3,8-9,11,13-14H2/t21-/m0/s1. The van der Waals surface area contributed by atoms with E-state index in [0.717, 1.165) is 42.3 Å². The highest BCUT2D eigenvalue weighted by atomic mass is 19.1. The van der Waals surface area contributed by atoms with Crippen LogP contribution in [0.5, 0.6) is 0 Å². The van der Waals surface area contributed by atoms with Crippen molar-refractivity contribution in [2.24, 2.45) is 5.41 Å². The molecule has 0 unspecified atom stereocenters. The van der Waals surface area contributed by atoms with Gasteiger partial charge in [-0.1, -0.05) is 18.2 Å². The molecule has 0 bridgehead atoms. The van der Waals surface area contributed by atoms with Crippen LogP contribution in [-0.4, -0.2) is 34.8 Å². The van der Waals surface area contributed by atoms with Crippen LogP contribution < -0.4 is 4.90 Å². The van der Waals surface area contributed by atoms with E-state index in [1.54, 1.807) is 6.20 Å². The third kappa shape index (κ3) is 3.62. The van der Waals surface area contributed by atoms with Crippen LogP contribution >= 0.6 is 0 Å². The van der Waals surface area contributed by atoms with Gasteiger partial charge in [0.1, 0.15) is 17.5 Å². The number of hydrogen-bond donors (Lipinski definition) is 1. The van der Waals surface area contributed by atoms with Gasteiger partial charge in [-0.3, -0.25) is 4.98 Å². The fourth-order valence-corrected chi connectivity index (χ4v) is 3.90. The number of nitrogens with zero attached hydrogens (tertiary/aromatic N) is 3. The number of benzene rings is 2. The van der Waals surface area contributed by atoms with E-state index in [9.17, 15) is 13.9 Å². The SMILES string of the molecule is OC[C@]1(Cc2ccc(F)cc2F)CCCN(c2cnc3ccccc3n2)C1. The molecule has 1 aliphatic rings. The molecule has 2 heterocycles. The third-order valence-electron chi connectivity index (χ3n) is 5.34. The fraction of sp³-hybridized carbons (Fsp3) is 0.333. The molecule has 4 nitrogen and oxygen atoms in total. The highest BCUT2D eigenvalue weighted by molar-refractivity contribution is 5.75. The predicted molar refractivity (Wildman–Crippen MR) is 101 cm³/mol. The summed E-state index contributed by atoms with van der Waals surface area (Å²) in [6.07, 6.45) is 3.73. The quantitative estimate of drug-likeness (QED) is 0.761. The topological polar surface area (TPSA) is 49.2 Å². The Bertz CT molecular complexity index is 965. The van der Waals surface area contributed by atoms with Crippen molar-refractivity contribution in [3.05, 3.63) is 65.9 Å². The number of halogens is 2. The lowest BCUT2D eigenvalue weighted by Crippen LogP contribution is -2.47. The first-order chi connectivity index (χ1) is 13.1. The molecule has 6 heteroatoms. The average molecular weight is 369 g/mol. The van der Waals surface area contributed by atoms with E-state index in [-0.39, 0.29) is 6.61 Å². The lowest BCUT2D eigenvalue weighted by Gasteiger charge is -2.42. The van der Waals surface area contributed by atoms with Crippen molar-refractivity contribution in [2.45, 2.75) is 19.3 Å². The van der Waals surface area contributed by atoms with Gasteiger partial charge in [0, 0.05) is 24.6 Å². The highest BCUT2D eigenvalue weighted by Gasteiger charge is 2.36. The van der Waals surface area contributed by atoms with E-state index in [1.165, 1.54) is 12.1 Å². The minimum Gasteiger partial charge on any atom is -0.396 e. The number of piperidine rings is 1. The van der Waals surface area contributed by atoms with E-state index in [4.69, 9.17) is 4.98 Å². The zero-order valence-corrected chi connectivity index (χ0v) is 14.9. The zero-order chi connectivity index (χ0) is 18.9. The molecule has 1 saturated heterocycles. The van der Waals surface area contributed by atoms with Crippen LogP contribution in [0.1, 0.15) is 18.4 Å². The van der Waals surface area contributed by atoms with Gasteiger partial charge in [0.05, 0.1) is 23.8 Å². The second-order valence-corrected chi connectivity index (χ2v) is 7.31.